The van der Waals surface area contributed by atoms with Gasteiger partial charge in [-0.25, -0.2) is 0 Å². The number of anilines is 1. The lowest BCUT2D eigenvalue weighted by Gasteiger charge is -2.38. The number of fused-ring (bicyclic) bond motifs is 1. The number of hydrogen-bond donors (Lipinski definition) is 2. The molecule has 15 heavy (non-hydrogen) atoms. The van der Waals surface area contributed by atoms with Crippen molar-refractivity contribution >= 4 is 5.69 Å². The molecule has 0 fully saturated rings. The van der Waals surface area contributed by atoms with Crippen LogP contribution in [0.3, 0.4) is 0 Å². The van der Waals surface area contributed by atoms with E-state index in [-0.39, 0.29) is 5.41 Å². The van der Waals surface area contributed by atoms with Crippen LogP contribution in [0.2, 0.25) is 0 Å². The van der Waals surface area contributed by atoms with Crippen LogP contribution in [0, 0.1) is 5.41 Å². The van der Waals surface area contributed by atoms with Crippen LogP contribution in [0.5, 0.6) is 0 Å². The van der Waals surface area contributed by atoms with E-state index in [9.17, 15) is 0 Å². The molecule has 1 aromatic carbocycles. The van der Waals surface area contributed by atoms with Gasteiger partial charge in [-0.05, 0) is 17.0 Å². The summed E-state index contributed by atoms with van der Waals surface area (Å²) in [4.78, 5) is 0. The lowest BCUT2D eigenvalue weighted by molar-refractivity contribution is 0.286. The second kappa shape index (κ2) is 3.30. The minimum Gasteiger partial charge on any atom is -0.365 e. The van der Waals surface area contributed by atoms with Crippen LogP contribution in [-0.2, 0) is 0 Å². The molecule has 0 saturated carbocycles. The average molecular weight is 202 g/mol. The molecule has 0 aromatic heterocycles. The van der Waals surface area contributed by atoms with Gasteiger partial charge < -0.3 is 10.6 Å². The first-order chi connectivity index (χ1) is 6.98. The highest BCUT2D eigenvalue weighted by Crippen LogP contribution is 2.39. The van der Waals surface area contributed by atoms with E-state index in [4.69, 9.17) is 0 Å². The minimum atomic E-state index is 0.182. The molecule has 2 nitrogen and oxygen atoms in total. The molecule has 0 bridgehead atoms. The molecule has 0 aliphatic carbocycles. The zero-order chi connectivity index (χ0) is 11.1. The van der Waals surface area contributed by atoms with Gasteiger partial charge in [-0.2, -0.15) is 0 Å². The van der Waals surface area contributed by atoms with Crippen molar-refractivity contribution in [2.24, 2.45) is 5.41 Å². The number of rotatable bonds is 0. The molecule has 2 N–H and O–H groups in total. The fraction of sp³-hybridized carbons (Fsp3) is 0.385. The van der Waals surface area contributed by atoms with Gasteiger partial charge in [-0.15, -0.1) is 0 Å². The predicted octanol–water partition coefficient (Wildman–Crippen LogP) is 3.26. The molecule has 1 aliphatic heterocycles. The summed E-state index contributed by atoms with van der Waals surface area (Å²) in [5.74, 6) is 0.883. The Morgan fingerprint density at radius 3 is 2.53 bits per heavy atom. The Morgan fingerprint density at radius 2 is 1.87 bits per heavy atom. The summed E-state index contributed by atoms with van der Waals surface area (Å²) in [7, 11) is 0. The van der Waals surface area contributed by atoms with Gasteiger partial charge in [-0.1, -0.05) is 45.5 Å². The molecule has 2 heteroatoms. The van der Waals surface area contributed by atoms with E-state index < -0.39 is 0 Å². The molecule has 1 aliphatic rings. The summed E-state index contributed by atoms with van der Waals surface area (Å²) < 4.78 is 0. The monoisotopic (exact) mass is 202 g/mol. The van der Waals surface area contributed by atoms with Gasteiger partial charge in [0.2, 0.25) is 0 Å². The molecule has 0 saturated heterocycles. The quantitative estimate of drug-likeness (QED) is 0.674. The Morgan fingerprint density at radius 1 is 1.20 bits per heavy atom. The molecule has 80 valence electrons. The molecule has 0 amide bonds. The third-order valence-electron chi connectivity index (χ3n) is 2.74. The average Bonchev–Trinajstić information content (AvgIpc) is 2.15. The molecule has 2 rings (SSSR count). The van der Waals surface area contributed by atoms with Gasteiger partial charge >= 0.3 is 0 Å². The first-order valence-electron chi connectivity index (χ1n) is 5.30. The van der Waals surface area contributed by atoms with Gasteiger partial charge in [-0.3, -0.25) is 0 Å². The summed E-state index contributed by atoms with van der Waals surface area (Å²) in [6.45, 7) is 10.7. The summed E-state index contributed by atoms with van der Waals surface area (Å²) in [5, 5.41) is 6.66. The van der Waals surface area contributed by atoms with E-state index in [1.165, 1.54) is 11.3 Å². The normalized spacial score (nSPS) is 20.2. The molecule has 1 atom stereocenters. The van der Waals surface area contributed by atoms with Crippen LogP contribution in [0.4, 0.5) is 5.69 Å². The largest absolute Gasteiger partial charge is 0.365 e. The van der Waals surface area contributed by atoms with Crippen LogP contribution < -0.4 is 10.6 Å². The SMILES string of the molecule is C=C1Nc2ccccc2C(C(C)(C)C)N1. The van der Waals surface area contributed by atoms with Crippen LogP contribution in [0.15, 0.2) is 36.7 Å². The van der Waals surface area contributed by atoms with Crippen molar-refractivity contribution in [3.8, 4) is 0 Å². The van der Waals surface area contributed by atoms with Crippen molar-refractivity contribution in [1.82, 2.24) is 5.32 Å². The van der Waals surface area contributed by atoms with E-state index in [1.54, 1.807) is 0 Å². The van der Waals surface area contributed by atoms with Crippen molar-refractivity contribution in [2.75, 3.05) is 5.32 Å². The fourth-order valence-corrected chi connectivity index (χ4v) is 2.00. The van der Waals surface area contributed by atoms with Gasteiger partial charge in [0.15, 0.2) is 0 Å². The van der Waals surface area contributed by atoms with Crippen LogP contribution in [0.1, 0.15) is 32.4 Å². The number of hydrogen-bond acceptors (Lipinski definition) is 2. The predicted molar refractivity (Wildman–Crippen MR) is 64.5 cm³/mol. The Labute approximate surface area is 91.4 Å². The maximum atomic E-state index is 3.95. The maximum Gasteiger partial charge on any atom is 0.0962 e. The molecule has 0 radical (unpaired) electrons. The van der Waals surface area contributed by atoms with E-state index in [2.05, 4.69) is 56.2 Å². The van der Waals surface area contributed by atoms with E-state index >= 15 is 0 Å². The van der Waals surface area contributed by atoms with Crippen molar-refractivity contribution in [1.29, 1.82) is 0 Å². The van der Waals surface area contributed by atoms with Crippen molar-refractivity contribution in [3.05, 3.63) is 42.2 Å². The maximum absolute atomic E-state index is 3.95. The highest BCUT2D eigenvalue weighted by Gasteiger charge is 2.30. The number of benzene rings is 1. The van der Waals surface area contributed by atoms with Gasteiger partial charge in [0.05, 0.1) is 11.9 Å². The van der Waals surface area contributed by atoms with Gasteiger partial charge in [0, 0.05) is 5.69 Å². The highest BCUT2D eigenvalue weighted by atomic mass is 15.1. The number of nitrogens with one attached hydrogen (secondary N) is 2. The Hall–Kier alpha value is -1.44. The molecule has 1 unspecified atom stereocenters. The van der Waals surface area contributed by atoms with E-state index in [1.807, 2.05) is 6.07 Å². The van der Waals surface area contributed by atoms with Crippen molar-refractivity contribution in [2.45, 2.75) is 26.8 Å². The van der Waals surface area contributed by atoms with Crippen molar-refractivity contribution in [3.63, 3.8) is 0 Å². The number of para-hydroxylation sites is 1. The molecular weight excluding hydrogens is 184 g/mol. The first kappa shape index (κ1) is 10.1. The zero-order valence-electron chi connectivity index (χ0n) is 9.59. The van der Waals surface area contributed by atoms with Gasteiger partial charge in [0.25, 0.3) is 0 Å². The summed E-state index contributed by atoms with van der Waals surface area (Å²) in [5.41, 5.74) is 2.67. The Kier molecular flexibility index (Phi) is 2.22. The molecule has 1 heterocycles. The summed E-state index contributed by atoms with van der Waals surface area (Å²) >= 11 is 0. The molecule has 0 spiro atoms. The lowest BCUT2D eigenvalue weighted by atomic mass is 9.81. The zero-order valence-corrected chi connectivity index (χ0v) is 9.59. The van der Waals surface area contributed by atoms with Crippen LogP contribution >= 0.6 is 0 Å². The van der Waals surface area contributed by atoms with Crippen molar-refractivity contribution < 1.29 is 0 Å². The smallest absolute Gasteiger partial charge is 0.0962 e. The van der Waals surface area contributed by atoms with Crippen LogP contribution in [0.25, 0.3) is 0 Å². The van der Waals surface area contributed by atoms with Crippen LogP contribution in [-0.4, -0.2) is 0 Å². The topological polar surface area (TPSA) is 24.1 Å². The minimum absolute atomic E-state index is 0.182. The fourth-order valence-electron chi connectivity index (χ4n) is 2.00. The first-order valence-corrected chi connectivity index (χ1v) is 5.30. The Bertz CT molecular complexity index is 388. The van der Waals surface area contributed by atoms with E-state index in [0.29, 0.717) is 6.04 Å². The van der Waals surface area contributed by atoms with Gasteiger partial charge in [0.1, 0.15) is 0 Å². The third-order valence-corrected chi connectivity index (χ3v) is 2.74. The molecule has 1 aromatic rings. The second-order valence-corrected chi connectivity index (χ2v) is 5.13. The summed E-state index contributed by atoms with van der Waals surface area (Å²) in [6, 6.07) is 8.71. The van der Waals surface area contributed by atoms with E-state index in [0.717, 1.165) is 5.82 Å². The molecular formula is C13H18N2. The standard InChI is InChI=1S/C13H18N2/c1-9-14-11-8-6-5-7-10(11)12(15-9)13(2,3)4/h5-8,12,14-15H,1H2,2-4H3. The second-order valence-electron chi connectivity index (χ2n) is 5.13. The lowest BCUT2D eigenvalue weighted by Crippen LogP contribution is -2.37. The summed E-state index contributed by atoms with van der Waals surface area (Å²) in [6.07, 6.45) is 0. The highest BCUT2D eigenvalue weighted by molar-refractivity contribution is 5.58. The Balaban J connectivity index is 2.47. The third kappa shape index (κ3) is 1.84.